The van der Waals surface area contributed by atoms with Crippen molar-refractivity contribution in [3.8, 4) is 11.8 Å². The molecule has 2 aliphatic rings. The molecular formula is C27H31BrN4O3. The van der Waals surface area contributed by atoms with E-state index < -0.39 is 0 Å². The fraction of sp³-hybridized carbons (Fsp3) is 0.481. The first-order valence-corrected chi connectivity index (χ1v) is 13.2. The van der Waals surface area contributed by atoms with Gasteiger partial charge in [-0.2, -0.15) is 10.4 Å². The van der Waals surface area contributed by atoms with E-state index >= 15 is 0 Å². The summed E-state index contributed by atoms with van der Waals surface area (Å²) in [6.07, 6.45) is 7.58. The number of nitrogens with zero attached hydrogens (tertiary/aromatic N) is 4. The normalized spacial score (nSPS) is 22.4. The number of halogens is 1. The topological polar surface area (TPSA) is 83.5 Å². The highest BCUT2D eigenvalue weighted by molar-refractivity contribution is 9.10. The summed E-state index contributed by atoms with van der Waals surface area (Å²) in [6, 6.07) is 14.1. The quantitative estimate of drug-likeness (QED) is 0.403. The van der Waals surface area contributed by atoms with Crippen molar-refractivity contribution in [1.82, 2.24) is 9.78 Å². The van der Waals surface area contributed by atoms with E-state index in [0.717, 1.165) is 66.3 Å². The van der Waals surface area contributed by atoms with Crippen LogP contribution in [0.25, 0.3) is 10.9 Å². The number of fused-ring (bicyclic) bond motifs is 1. The minimum atomic E-state index is 0.158. The maximum Gasteiger partial charge on any atom is 0.120 e. The number of aromatic nitrogens is 2. The van der Waals surface area contributed by atoms with E-state index in [2.05, 4.69) is 49.9 Å². The number of ether oxygens (including phenoxy) is 2. The van der Waals surface area contributed by atoms with Gasteiger partial charge < -0.3 is 19.5 Å². The molecule has 0 bridgehead atoms. The van der Waals surface area contributed by atoms with Gasteiger partial charge >= 0.3 is 0 Å². The molecule has 3 aromatic rings. The summed E-state index contributed by atoms with van der Waals surface area (Å²) < 4.78 is 15.0. The molecular weight excluding hydrogens is 508 g/mol. The first-order chi connectivity index (χ1) is 17.1. The summed E-state index contributed by atoms with van der Waals surface area (Å²) in [5.74, 6) is 1.14. The Labute approximate surface area is 214 Å². The van der Waals surface area contributed by atoms with Crippen LogP contribution in [0.5, 0.6) is 5.75 Å². The zero-order valence-electron chi connectivity index (χ0n) is 19.8. The molecule has 1 aliphatic heterocycles. The maximum atomic E-state index is 9.41. The third kappa shape index (κ3) is 5.64. The number of rotatable bonds is 8. The van der Waals surface area contributed by atoms with Gasteiger partial charge in [0.25, 0.3) is 0 Å². The number of benzene rings is 2. The first kappa shape index (κ1) is 24.1. The van der Waals surface area contributed by atoms with Gasteiger partial charge in [-0.3, -0.25) is 4.68 Å². The molecule has 8 heteroatoms. The third-order valence-corrected chi connectivity index (χ3v) is 7.83. The Hall–Kier alpha value is -2.60. The van der Waals surface area contributed by atoms with Crippen LogP contribution in [-0.4, -0.2) is 53.9 Å². The summed E-state index contributed by atoms with van der Waals surface area (Å²) in [4.78, 5) is 2.36. The van der Waals surface area contributed by atoms with Gasteiger partial charge in [0.2, 0.25) is 0 Å². The second kappa shape index (κ2) is 11.0. The lowest BCUT2D eigenvalue weighted by atomic mass is 9.87. The fourth-order valence-corrected chi connectivity index (χ4v) is 5.80. The second-order valence-electron chi connectivity index (χ2n) is 9.54. The molecule has 1 aliphatic carbocycles. The van der Waals surface area contributed by atoms with Crippen molar-refractivity contribution >= 4 is 32.5 Å². The average Bonchev–Trinajstić information content (AvgIpc) is 3.53. The number of aliphatic hydroxyl groups is 1. The van der Waals surface area contributed by atoms with Gasteiger partial charge in [0.1, 0.15) is 12.4 Å². The van der Waals surface area contributed by atoms with Gasteiger partial charge in [-0.15, -0.1) is 0 Å². The molecule has 35 heavy (non-hydrogen) atoms. The van der Waals surface area contributed by atoms with Crippen molar-refractivity contribution < 1.29 is 14.6 Å². The van der Waals surface area contributed by atoms with Gasteiger partial charge in [0, 0.05) is 35.8 Å². The summed E-state index contributed by atoms with van der Waals surface area (Å²) >= 11 is 3.78. The van der Waals surface area contributed by atoms with Gasteiger partial charge in [0.15, 0.2) is 0 Å². The highest BCUT2D eigenvalue weighted by atomic mass is 79.9. The lowest BCUT2D eigenvalue weighted by Crippen LogP contribution is -2.24. The number of hydrogen-bond acceptors (Lipinski definition) is 6. The summed E-state index contributed by atoms with van der Waals surface area (Å²) in [5, 5.41) is 24.5. The molecule has 2 heterocycles. The summed E-state index contributed by atoms with van der Waals surface area (Å²) in [5.41, 5.74) is 2.77. The standard InChI is InChI=1S/C27H31BrN4O3/c28-25-13-21-16-32(22-6-4-19(18-33)5-7-22)30-26(21)14-27(25)31-9-8-24(17-31)35-11-10-34-23-3-1-2-20(12-23)15-29/h1-3,12-14,16,19,22,24,33H,4-11,17-18H2/t19-,22-,24-/m0/s1. The molecule has 2 fully saturated rings. The lowest BCUT2D eigenvalue weighted by molar-refractivity contribution is 0.0465. The second-order valence-corrected chi connectivity index (χ2v) is 10.4. The Morgan fingerprint density at radius 3 is 2.77 bits per heavy atom. The molecule has 1 aromatic heterocycles. The molecule has 1 atom stereocenters. The van der Waals surface area contributed by atoms with Crippen LogP contribution in [0, 0.1) is 17.2 Å². The Kier molecular flexibility index (Phi) is 7.57. The van der Waals surface area contributed by atoms with Gasteiger partial charge in [-0.05, 0) is 84.3 Å². The van der Waals surface area contributed by atoms with E-state index in [0.29, 0.717) is 43.1 Å². The number of aliphatic hydroxyl groups excluding tert-OH is 1. The zero-order valence-corrected chi connectivity index (χ0v) is 21.4. The molecule has 0 radical (unpaired) electrons. The van der Waals surface area contributed by atoms with Gasteiger partial charge in [-0.25, -0.2) is 0 Å². The molecule has 5 rings (SSSR count). The number of hydrogen-bond donors (Lipinski definition) is 1. The fourth-order valence-electron chi connectivity index (χ4n) is 5.19. The van der Waals surface area contributed by atoms with E-state index in [9.17, 15) is 5.11 Å². The molecule has 7 nitrogen and oxygen atoms in total. The molecule has 0 unspecified atom stereocenters. The minimum Gasteiger partial charge on any atom is -0.491 e. The van der Waals surface area contributed by atoms with Crippen LogP contribution in [0.15, 0.2) is 47.1 Å². The SMILES string of the molecule is N#Cc1cccc(OCCO[C@H]2CCN(c3cc4nn([C@H]5CC[C@H](CO)CC5)cc4cc3Br)C2)c1. The van der Waals surface area contributed by atoms with Crippen LogP contribution < -0.4 is 9.64 Å². The Bertz CT molecular complexity index is 1200. The van der Waals surface area contributed by atoms with Crippen molar-refractivity contribution in [2.75, 3.05) is 37.8 Å². The van der Waals surface area contributed by atoms with Crippen molar-refractivity contribution in [2.45, 2.75) is 44.2 Å². The smallest absolute Gasteiger partial charge is 0.120 e. The third-order valence-electron chi connectivity index (χ3n) is 7.19. The molecule has 2 aromatic carbocycles. The van der Waals surface area contributed by atoms with E-state index in [1.54, 1.807) is 12.1 Å². The molecule has 184 valence electrons. The zero-order chi connectivity index (χ0) is 24.2. The van der Waals surface area contributed by atoms with Crippen molar-refractivity contribution in [3.05, 3.63) is 52.6 Å². The van der Waals surface area contributed by atoms with E-state index in [4.69, 9.17) is 19.8 Å². The summed E-state index contributed by atoms with van der Waals surface area (Å²) in [7, 11) is 0. The predicted octanol–water partition coefficient (Wildman–Crippen LogP) is 5.07. The van der Waals surface area contributed by atoms with Crippen LogP contribution in [0.3, 0.4) is 0 Å². The average molecular weight is 539 g/mol. The predicted molar refractivity (Wildman–Crippen MR) is 139 cm³/mol. The lowest BCUT2D eigenvalue weighted by Gasteiger charge is -2.27. The van der Waals surface area contributed by atoms with E-state index in [1.165, 1.54) is 0 Å². The van der Waals surface area contributed by atoms with Crippen LogP contribution in [0.4, 0.5) is 5.69 Å². The van der Waals surface area contributed by atoms with Crippen LogP contribution in [-0.2, 0) is 4.74 Å². The molecule has 1 saturated heterocycles. The van der Waals surface area contributed by atoms with Crippen LogP contribution >= 0.6 is 15.9 Å². The van der Waals surface area contributed by atoms with Gasteiger partial charge in [0.05, 0.1) is 41.6 Å². The Morgan fingerprint density at radius 1 is 1.11 bits per heavy atom. The maximum absolute atomic E-state index is 9.41. The number of anilines is 1. The van der Waals surface area contributed by atoms with Crippen LogP contribution in [0.2, 0.25) is 0 Å². The van der Waals surface area contributed by atoms with E-state index in [1.807, 2.05) is 12.1 Å². The van der Waals surface area contributed by atoms with E-state index in [-0.39, 0.29) is 6.10 Å². The number of nitriles is 1. The molecule has 0 amide bonds. The Morgan fingerprint density at radius 2 is 1.97 bits per heavy atom. The Balaban J connectivity index is 1.16. The van der Waals surface area contributed by atoms with Gasteiger partial charge in [-0.1, -0.05) is 6.07 Å². The van der Waals surface area contributed by atoms with Crippen LogP contribution in [0.1, 0.15) is 43.7 Å². The minimum absolute atomic E-state index is 0.158. The highest BCUT2D eigenvalue weighted by Crippen LogP contribution is 2.36. The van der Waals surface area contributed by atoms with Crippen molar-refractivity contribution in [1.29, 1.82) is 5.26 Å². The molecule has 1 N–H and O–H groups in total. The monoisotopic (exact) mass is 538 g/mol. The summed E-state index contributed by atoms with van der Waals surface area (Å²) in [6.45, 7) is 3.04. The largest absolute Gasteiger partial charge is 0.491 e. The first-order valence-electron chi connectivity index (χ1n) is 12.4. The molecule has 0 spiro atoms. The van der Waals surface area contributed by atoms with Crippen molar-refractivity contribution in [3.63, 3.8) is 0 Å². The molecule has 1 saturated carbocycles. The van der Waals surface area contributed by atoms with Crippen molar-refractivity contribution in [2.24, 2.45) is 5.92 Å². The highest BCUT2D eigenvalue weighted by Gasteiger charge is 2.26.